The van der Waals surface area contributed by atoms with Crippen molar-refractivity contribution in [3.8, 4) is 0 Å². The summed E-state index contributed by atoms with van der Waals surface area (Å²) in [6.45, 7) is 0.670. The number of pyridine rings is 1. The molecule has 1 aliphatic carbocycles. The molecule has 0 bridgehead atoms. The smallest absolute Gasteiger partial charge is 0.223 e. The van der Waals surface area contributed by atoms with E-state index in [1.807, 2.05) is 30.6 Å². The van der Waals surface area contributed by atoms with E-state index in [-0.39, 0.29) is 11.8 Å². The predicted octanol–water partition coefficient (Wildman–Crippen LogP) is 2.57. The van der Waals surface area contributed by atoms with Crippen LogP contribution in [0.3, 0.4) is 0 Å². The molecular weight excluding hydrogens is 250 g/mol. The first-order valence-corrected chi connectivity index (χ1v) is 7.53. The molecule has 0 radical (unpaired) electrons. The van der Waals surface area contributed by atoms with Gasteiger partial charge in [0.15, 0.2) is 0 Å². The molecule has 0 aromatic carbocycles. The van der Waals surface area contributed by atoms with Gasteiger partial charge in [0.1, 0.15) is 5.82 Å². The summed E-state index contributed by atoms with van der Waals surface area (Å²) in [4.78, 5) is 16.5. The number of imidazole rings is 1. The molecule has 0 unspecified atom stereocenters. The van der Waals surface area contributed by atoms with Gasteiger partial charge in [0.2, 0.25) is 5.91 Å². The zero-order chi connectivity index (χ0) is 13.8. The van der Waals surface area contributed by atoms with Crippen LogP contribution in [0.2, 0.25) is 0 Å². The second-order valence-electron chi connectivity index (χ2n) is 5.55. The van der Waals surface area contributed by atoms with Gasteiger partial charge in [0, 0.05) is 25.1 Å². The quantitative estimate of drug-likeness (QED) is 0.929. The first kappa shape index (κ1) is 13.2. The van der Waals surface area contributed by atoms with Gasteiger partial charge >= 0.3 is 0 Å². The average molecular weight is 271 g/mol. The normalized spacial score (nSPS) is 16.4. The third kappa shape index (κ3) is 2.84. The number of fused-ring (bicyclic) bond motifs is 1. The lowest BCUT2D eigenvalue weighted by Gasteiger charge is -2.20. The number of carbonyl (C=O) groups excluding carboxylic acids is 1. The number of rotatable bonds is 4. The van der Waals surface area contributed by atoms with Crippen LogP contribution in [0.4, 0.5) is 0 Å². The van der Waals surface area contributed by atoms with Crippen LogP contribution in [0.5, 0.6) is 0 Å². The van der Waals surface area contributed by atoms with Crippen molar-refractivity contribution >= 4 is 11.4 Å². The monoisotopic (exact) mass is 271 g/mol. The summed E-state index contributed by atoms with van der Waals surface area (Å²) < 4.78 is 2.08. The van der Waals surface area contributed by atoms with Gasteiger partial charge in [0.05, 0.1) is 11.7 Å². The minimum atomic E-state index is 0.227. The fourth-order valence-corrected chi connectivity index (χ4v) is 2.99. The molecule has 0 aliphatic heterocycles. The number of hydrogen-bond acceptors (Lipinski definition) is 2. The molecule has 2 aromatic rings. The third-order valence-electron chi connectivity index (χ3n) is 4.14. The highest BCUT2D eigenvalue weighted by atomic mass is 16.1. The molecule has 3 rings (SSSR count). The Morgan fingerprint density at radius 1 is 1.30 bits per heavy atom. The number of hydrogen-bond donors (Lipinski definition) is 1. The molecule has 4 heteroatoms. The topological polar surface area (TPSA) is 46.4 Å². The van der Waals surface area contributed by atoms with Gasteiger partial charge in [-0.1, -0.05) is 25.3 Å². The Bertz CT molecular complexity index is 584. The van der Waals surface area contributed by atoms with Gasteiger partial charge in [-0.05, 0) is 25.0 Å². The lowest BCUT2D eigenvalue weighted by atomic mass is 9.89. The van der Waals surface area contributed by atoms with Crippen molar-refractivity contribution in [1.29, 1.82) is 0 Å². The molecule has 1 aliphatic rings. The zero-order valence-corrected chi connectivity index (χ0v) is 11.7. The third-order valence-corrected chi connectivity index (χ3v) is 4.14. The molecule has 0 saturated heterocycles. The van der Waals surface area contributed by atoms with Crippen LogP contribution in [-0.2, 0) is 11.2 Å². The van der Waals surface area contributed by atoms with E-state index < -0.39 is 0 Å². The van der Waals surface area contributed by atoms with E-state index in [2.05, 4.69) is 14.7 Å². The van der Waals surface area contributed by atoms with E-state index >= 15 is 0 Å². The maximum absolute atomic E-state index is 12.1. The number of aromatic nitrogens is 2. The first-order chi connectivity index (χ1) is 9.84. The second-order valence-corrected chi connectivity index (χ2v) is 5.55. The summed E-state index contributed by atoms with van der Waals surface area (Å²) in [5.41, 5.74) is 1.10. The lowest BCUT2D eigenvalue weighted by molar-refractivity contribution is -0.125. The van der Waals surface area contributed by atoms with Crippen molar-refractivity contribution in [3.05, 3.63) is 36.4 Å². The SMILES string of the molecule is O=C(NCCc1ncc2ccccn12)C1CCCCC1. The molecule has 2 aromatic heterocycles. The van der Waals surface area contributed by atoms with E-state index in [0.717, 1.165) is 30.6 Å². The van der Waals surface area contributed by atoms with Gasteiger partial charge in [-0.15, -0.1) is 0 Å². The number of nitrogens with one attached hydrogen (secondary N) is 1. The molecule has 1 saturated carbocycles. The zero-order valence-electron chi connectivity index (χ0n) is 11.7. The van der Waals surface area contributed by atoms with Crippen molar-refractivity contribution in [2.75, 3.05) is 6.54 Å². The Hall–Kier alpha value is -1.84. The molecule has 106 valence electrons. The summed E-state index contributed by atoms with van der Waals surface area (Å²) in [5.74, 6) is 1.47. The van der Waals surface area contributed by atoms with Gasteiger partial charge in [-0.2, -0.15) is 0 Å². The summed E-state index contributed by atoms with van der Waals surface area (Å²) in [6, 6.07) is 6.04. The van der Waals surface area contributed by atoms with Crippen LogP contribution in [0.25, 0.3) is 5.52 Å². The molecule has 1 fully saturated rings. The van der Waals surface area contributed by atoms with Crippen LogP contribution in [-0.4, -0.2) is 21.8 Å². The van der Waals surface area contributed by atoms with Crippen molar-refractivity contribution in [2.45, 2.75) is 38.5 Å². The molecule has 0 atom stereocenters. The highest BCUT2D eigenvalue weighted by Gasteiger charge is 2.20. The lowest BCUT2D eigenvalue weighted by Crippen LogP contribution is -2.33. The highest BCUT2D eigenvalue weighted by molar-refractivity contribution is 5.78. The average Bonchev–Trinajstić information content (AvgIpc) is 2.92. The van der Waals surface area contributed by atoms with E-state index in [1.165, 1.54) is 19.3 Å². The van der Waals surface area contributed by atoms with Gasteiger partial charge in [0.25, 0.3) is 0 Å². The Balaban J connectivity index is 1.53. The molecule has 1 N–H and O–H groups in total. The molecule has 1 amide bonds. The van der Waals surface area contributed by atoms with Gasteiger partial charge in [-0.3, -0.25) is 4.79 Å². The Kier molecular flexibility index (Phi) is 4.00. The minimum absolute atomic E-state index is 0.227. The van der Waals surface area contributed by atoms with Crippen LogP contribution in [0, 0.1) is 5.92 Å². The Morgan fingerprint density at radius 3 is 3.00 bits per heavy atom. The van der Waals surface area contributed by atoms with Crippen molar-refractivity contribution in [2.24, 2.45) is 5.92 Å². The van der Waals surface area contributed by atoms with Crippen LogP contribution in [0.15, 0.2) is 30.6 Å². The maximum Gasteiger partial charge on any atom is 0.223 e. The number of amides is 1. The number of nitrogens with zero attached hydrogens (tertiary/aromatic N) is 2. The Morgan fingerprint density at radius 2 is 2.15 bits per heavy atom. The molecule has 20 heavy (non-hydrogen) atoms. The summed E-state index contributed by atoms with van der Waals surface area (Å²) >= 11 is 0. The Labute approximate surface area is 119 Å². The fraction of sp³-hybridized carbons (Fsp3) is 0.500. The van der Waals surface area contributed by atoms with E-state index in [1.54, 1.807) is 0 Å². The molecular formula is C16H21N3O. The standard InChI is InChI=1S/C16H21N3O/c20-16(13-6-2-1-3-7-13)17-10-9-15-18-12-14-8-4-5-11-19(14)15/h4-5,8,11-13H,1-3,6-7,9-10H2,(H,17,20). The van der Waals surface area contributed by atoms with E-state index in [9.17, 15) is 4.79 Å². The highest BCUT2D eigenvalue weighted by Crippen LogP contribution is 2.23. The number of carbonyl (C=O) groups is 1. The van der Waals surface area contributed by atoms with Crippen LogP contribution >= 0.6 is 0 Å². The van der Waals surface area contributed by atoms with Crippen molar-refractivity contribution in [3.63, 3.8) is 0 Å². The summed E-state index contributed by atoms with van der Waals surface area (Å²) in [7, 11) is 0. The van der Waals surface area contributed by atoms with Gasteiger partial charge < -0.3 is 9.72 Å². The van der Waals surface area contributed by atoms with Crippen LogP contribution < -0.4 is 5.32 Å². The molecule has 2 heterocycles. The summed E-state index contributed by atoms with van der Waals surface area (Å²) in [6.07, 6.45) is 10.4. The van der Waals surface area contributed by atoms with Crippen molar-refractivity contribution < 1.29 is 4.79 Å². The largest absolute Gasteiger partial charge is 0.355 e. The fourth-order valence-electron chi connectivity index (χ4n) is 2.99. The van der Waals surface area contributed by atoms with Crippen LogP contribution in [0.1, 0.15) is 37.9 Å². The maximum atomic E-state index is 12.1. The summed E-state index contributed by atoms with van der Waals surface area (Å²) in [5, 5.41) is 3.06. The molecule has 0 spiro atoms. The van der Waals surface area contributed by atoms with E-state index in [4.69, 9.17) is 0 Å². The first-order valence-electron chi connectivity index (χ1n) is 7.53. The molecule has 4 nitrogen and oxygen atoms in total. The van der Waals surface area contributed by atoms with Gasteiger partial charge in [-0.25, -0.2) is 4.98 Å². The van der Waals surface area contributed by atoms with E-state index in [0.29, 0.717) is 6.54 Å². The predicted molar refractivity (Wildman–Crippen MR) is 78.5 cm³/mol. The second kappa shape index (κ2) is 6.07. The van der Waals surface area contributed by atoms with Crippen molar-refractivity contribution in [1.82, 2.24) is 14.7 Å². The minimum Gasteiger partial charge on any atom is -0.355 e.